The number of esters is 1. The number of unbranched alkanes of at least 4 members (excludes halogenated alkanes) is 52. The Morgan fingerprint density at radius 2 is 0.627 bits per heavy atom. The van der Waals surface area contributed by atoms with Crippen LogP contribution in [0.5, 0.6) is 0 Å². The number of carbonyl (C=O) groups is 2. The van der Waals surface area contributed by atoms with Crippen LogP contribution in [0, 0.1) is 0 Å². The van der Waals surface area contributed by atoms with Crippen molar-refractivity contribution >= 4 is 11.9 Å². The van der Waals surface area contributed by atoms with Crippen LogP contribution in [0.1, 0.15) is 393 Å². The molecule has 2 atom stereocenters. The normalized spacial score (nSPS) is 12.5. The average molecular weight is 1060 g/mol. The van der Waals surface area contributed by atoms with Gasteiger partial charge in [-0.15, -0.1) is 0 Å². The van der Waals surface area contributed by atoms with Crippen molar-refractivity contribution in [1.82, 2.24) is 5.32 Å². The average Bonchev–Trinajstić information content (AvgIpc) is 3.41. The molecule has 0 rings (SSSR count). The summed E-state index contributed by atoms with van der Waals surface area (Å²) in [4.78, 5) is 24.5. The summed E-state index contributed by atoms with van der Waals surface area (Å²) in [6.07, 6.45) is 79.7. The molecule has 3 N–H and O–H groups in total. The zero-order valence-corrected chi connectivity index (χ0v) is 51.1. The molecule has 1 amide bonds. The van der Waals surface area contributed by atoms with Crippen LogP contribution in [-0.4, -0.2) is 47.4 Å². The number of aliphatic hydroxyl groups excluding tert-OH is 2. The van der Waals surface area contributed by atoms with Gasteiger partial charge in [-0.2, -0.15) is 0 Å². The van der Waals surface area contributed by atoms with Gasteiger partial charge in [-0.1, -0.05) is 341 Å². The molecule has 0 saturated carbocycles. The van der Waals surface area contributed by atoms with E-state index >= 15 is 0 Å². The lowest BCUT2D eigenvalue weighted by molar-refractivity contribution is -0.143. The Kier molecular flexibility index (Phi) is 63.9. The van der Waals surface area contributed by atoms with Crippen molar-refractivity contribution in [3.63, 3.8) is 0 Å². The topological polar surface area (TPSA) is 95.9 Å². The minimum absolute atomic E-state index is 0.0164. The molecule has 0 aromatic carbocycles. The first-order chi connectivity index (χ1) is 37.0. The number of hydrogen-bond acceptors (Lipinski definition) is 5. The van der Waals surface area contributed by atoms with Gasteiger partial charge in [0.1, 0.15) is 0 Å². The lowest BCUT2D eigenvalue weighted by Gasteiger charge is -2.22. The minimum atomic E-state index is -0.664. The zero-order valence-electron chi connectivity index (χ0n) is 51.1. The second-order valence-corrected chi connectivity index (χ2v) is 23.9. The molecule has 0 aliphatic heterocycles. The third-order valence-electron chi connectivity index (χ3n) is 16.3. The Labute approximate surface area is 469 Å². The summed E-state index contributed by atoms with van der Waals surface area (Å²) in [5.41, 5.74) is 0. The summed E-state index contributed by atoms with van der Waals surface area (Å²) in [6, 6.07) is -0.541. The molecule has 0 radical (unpaired) electrons. The standard InChI is InChI=1S/C69H135NO5/c1-3-5-7-9-11-13-15-16-17-18-29-32-35-38-42-45-49-53-57-61-67(72)66(65-71)70-68(73)62-58-54-50-46-43-39-36-33-30-27-25-23-21-19-20-22-24-26-28-31-34-37-40-44-48-52-56-60-64-75-69(74)63-59-55-51-47-41-14-12-10-8-6-4-2/h19-20,66-67,71-72H,3-18,21-65H2,1-2H3,(H,70,73)/b20-19-. The highest BCUT2D eigenvalue weighted by Gasteiger charge is 2.20. The van der Waals surface area contributed by atoms with Gasteiger partial charge in [0, 0.05) is 12.8 Å². The number of aliphatic hydroxyl groups is 2. The van der Waals surface area contributed by atoms with E-state index in [0.717, 1.165) is 38.5 Å². The molecule has 0 aromatic heterocycles. The van der Waals surface area contributed by atoms with Gasteiger partial charge in [0.15, 0.2) is 0 Å². The van der Waals surface area contributed by atoms with Crippen molar-refractivity contribution in [2.75, 3.05) is 13.2 Å². The van der Waals surface area contributed by atoms with Gasteiger partial charge in [0.2, 0.25) is 5.91 Å². The predicted octanol–water partition coefficient (Wildman–Crippen LogP) is 22.0. The van der Waals surface area contributed by atoms with Crippen LogP contribution < -0.4 is 5.32 Å². The Bertz CT molecular complexity index is 1130. The maximum atomic E-state index is 12.5. The maximum Gasteiger partial charge on any atom is 0.305 e. The number of hydrogen-bond donors (Lipinski definition) is 3. The highest BCUT2D eigenvalue weighted by atomic mass is 16.5. The smallest absolute Gasteiger partial charge is 0.305 e. The van der Waals surface area contributed by atoms with Gasteiger partial charge in [0.25, 0.3) is 0 Å². The van der Waals surface area contributed by atoms with Crippen LogP contribution in [0.2, 0.25) is 0 Å². The molecular weight excluding hydrogens is 923 g/mol. The third kappa shape index (κ3) is 61.7. The van der Waals surface area contributed by atoms with E-state index in [9.17, 15) is 19.8 Å². The monoisotopic (exact) mass is 1060 g/mol. The summed E-state index contributed by atoms with van der Waals surface area (Å²) < 4.78 is 5.47. The summed E-state index contributed by atoms with van der Waals surface area (Å²) in [5, 5.41) is 23.4. The summed E-state index contributed by atoms with van der Waals surface area (Å²) >= 11 is 0. The van der Waals surface area contributed by atoms with Crippen LogP contribution in [0.25, 0.3) is 0 Å². The van der Waals surface area contributed by atoms with Gasteiger partial charge in [-0.25, -0.2) is 0 Å². The molecule has 0 aromatic rings. The number of allylic oxidation sites excluding steroid dienone is 2. The largest absolute Gasteiger partial charge is 0.466 e. The number of rotatable bonds is 65. The van der Waals surface area contributed by atoms with Crippen LogP contribution in [-0.2, 0) is 14.3 Å². The number of ether oxygens (including phenoxy) is 1. The molecule has 0 aliphatic rings. The highest BCUT2D eigenvalue weighted by molar-refractivity contribution is 5.76. The lowest BCUT2D eigenvalue weighted by Crippen LogP contribution is -2.45. The van der Waals surface area contributed by atoms with E-state index in [4.69, 9.17) is 4.74 Å². The van der Waals surface area contributed by atoms with Gasteiger partial charge >= 0.3 is 5.97 Å². The second kappa shape index (κ2) is 65.1. The fourth-order valence-corrected chi connectivity index (χ4v) is 11.1. The SMILES string of the molecule is CCCCCCCCCCCCCCCCCCCCCC(O)C(CO)NC(=O)CCCCCCCCCCCCCC/C=C\CCCCCCCCCCCCCCOC(=O)CCCCCCCCCCCCC. The third-order valence-corrected chi connectivity index (χ3v) is 16.3. The van der Waals surface area contributed by atoms with Crippen LogP contribution >= 0.6 is 0 Å². The second-order valence-electron chi connectivity index (χ2n) is 23.9. The van der Waals surface area contributed by atoms with Crippen molar-refractivity contribution < 1.29 is 24.5 Å². The Morgan fingerprint density at radius 1 is 0.360 bits per heavy atom. The summed E-state index contributed by atoms with van der Waals surface area (Å²) in [7, 11) is 0. The van der Waals surface area contributed by atoms with Crippen molar-refractivity contribution in [3.8, 4) is 0 Å². The first kappa shape index (κ1) is 73.6. The van der Waals surface area contributed by atoms with E-state index < -0.39 is 12.1 Å². The Morgan fingerprint density at radius 3 is 0.947 bits per heavy atom. The molecule has 0 heterocycles. The molecule has 2 unspecified atom stereocenters. The summed E-state index contributed by atoms with van der Waals surface area (Å²) in [6.45, 7) is 4.99. The van der Waals surface area contributed by atoms with Gasteiger partial charge in [-0.05, 0) is 51.4 Å². The van der Waals surface area contributed by atoms with Crippen LogP contribution in [0.4, 0.5) is 0 Å². The van der Waals surface area contributed by atoms with Crippen molar-refractivity contribution in [3.05, 3.63) is 12.2 Å². The van der Waals surface area contributed by atoms with E-state index in [2.05, 4.69) is 31.3 Å². The first-order valence-electron chi connectivity index (χ1n) is 34.4. The molecule has 0 aliphatic carbocycles. The Balaban J connectivity index is 3.38. The molecule has 0 spiro atoms. The summed E-state index contributed by atoms with van der Waals surface area (Å²) in [5.74, 6) is -0.0142. The van der Waals surface area contributed by atoms with Crippen molar-refractivity contribution in [2.24, 2.45) is 0 Å². The molecule has 0 bridgehead atoms. The van der Waals surface area contributed by atoms with Crippen LogP contribution in [0.3, 0.4) is 0 Å². The first-order valence-corrected chi connectivity index (χ1v) is 34.4. The highest BCUT2D eigenvalue weighted by Crippen LogP contribution is 2.19. The number of nitrogens with one attached hydrogen (secondary N) is 1. The molecular formula is C69H135NO5. The maximum absolute atomic E-state index is 12.5. The number of amides is 1. The van der Waals surface area contributed by atoms with Crippen molar-refractivity contribution in [1.29, 1.82) is 0 Å². The molecule has 446 valence electrons. The molecule has 75 heavy (non-hydrogen) atoms. The van der Waals surface area contributed by atoms with E-state index in [-0.39, 0.29) is 18.5 Å². The quantitative estimate of drug-likeness (QED) is 0.0320. The molecule has 6 nitrogen and oxygen atoms in total. The van der Waals surface area contributed by atoms with Crippen molar-refractivity contribution in [2.45, 2.75) is 405 Å². The van der Waals surface area contributed by atoms with Gasteiger partial charge in [-0.3, -0.25) is 9.59 Å². The lowest BCUT2D eigenvalue weighted by atomic mass is 10.0. The molecule has 6 heteroatoms. The van der Waals surface area contributed by atoms with Gasteiger partial charge < -0.3 is 20.3 Å². The van der Waals surface area contributed by atoms with E-state index in [1.54, 1.807) is 0 Å². The van der Waals surface area contributed by atoms with Crippen LogP contribution in [0.15, 0.2) is 12.2 Å². The predicted molar refractivity (Wildman–Crippen MR) is 329 cm³/mol. The fourth-order valence-electron chi connectivity index (χ4n) is 11.1. The minimum Gasteiger partial charge on any atom is -0.466 e. The van der Waals surface area contributed by atoms with E-state index in [0.29, 0.717) is 25.9 Å². The van der Waals surface area contributed by atoms with E-state index in [1.807, 2.05) is 0 Å². The van der Waals surface area contributed by atoms with Gasteiger partial charge in [0.05, 0.1) is 25.4 Å². The Hall–Kier alpha value is -1.40. The zero-order chi connectivity index (χ0) is 54.3. The molecule has 0 saturated heterocycles. The fraction of sp³-hybridized carbons (Fsp3) is 0.942. The van der Waals surface area contributed by atoms with E-state index in [1.165, 1.54) is 321 Å². The number of carbonyl (C=O) groups excluding carboxylic acids is 2. The molecule has 0 fully saturated rings.